The average Bonchev–Trinajstić information content (AvgIpc) is 2.89. The van der Waals surface area contributed by atoms with Crippen LogP contribution in [-0.2, 0) is 26.2 Å². The van der Waals surface area contributed by atoms with Gasteiger partial charge >= 0.3 is 0 Å². The number of nitrogens with zero attached hydrogens (tertiary/aromatic N) is 2. The van der Waals surface area contributed by atoms with E-state index in [9.17, 15) is 18.0 Å². The quantitative estimate of drug-likeness (QED) is 0.283. The third kappa shape index (κ3) is 8.06. The van der Waals surface area contributed by atoms with Crippen LogP contribution < -0.4 is 9.62 Å². The standard InChI is InChI=1S/C29H33BrClN3O4S/c1-5-21(3)32-29(36)22(4)33(18-23-9-7-10-24(30)17-23)28(35)19-34(26-11-6-8-20(2)16-26)39(37,38)27-14-12-25(31)13-15-27/h6-17,21-22H,5,18-19H2,1-4H3,(H,32,36)/t21-,22+/m1/s1. The number of rotatable bonds is 11. The van der Waals surface area contributed by atoms with Gasteiger partial charge in [-0.15, -0.1) is 0 Å². The summed E-state index contributed by atoms with van der Waals surface area (Å²) in [7, 11) is -4.15. The molecule has 0 saturated carbocycles. The van der Waals surface area contributed by atoms with E-state index in [1.807, 2.05) is 51.1 Å². The lowest BCUT2D eigenvalue weighted by atomic mass is 10.1. The van der Waals surface area contributed by atoms with Crippen molar-refractivity contribution in [3.05, 3.63) is 93.4 Å². The van der Waals surface area contributed by atoms with Crippen molar-refractivity contribution >= 4 is 55.1 Å². The lowest BCUT2D eigenvalue weighted by Crippen LogP contribution is -2.52. The predicted octanol–water partition coefficient (Wildman–Crippen LogP) is 5.94. The first-order valence-corrected chi connectivity index (χ1v) is 15.2. The number of carbonyl (C=O) groups is 2. The highest BCUT2D eigenvalue weighted by molar-refractivity contribution is 9.10. The van der Waals surface area contributed by atoms with E-state index in [1.54, 1.807) is 25.1 Å². The van der Waals surface area contributed by atoms with Crippen molar-refractivity contribution in [2.45, 2.75) is 57.6 Å². The summed E-state index contributed by atoms with van der Waals surface area (Å²) in [6, 6.07) is 19.2. The molecule has 2 amide bonds. The number of nitrogens with one attached hydrogen (secondary N) is 1. The number of benzene rings is 3. The van der Waals surface area contributed by atoms with Crippen molar-refractivity contribution < 1.29 is 18.0 Å². The van der Waals surface area contributed by atoms with E-state index in [-0.39, 0.29) is 23.4 Å². The van der Waals surface area contributed by atoms with E-state index in [2.05, 4.69) is 21.2 Å². The summed E-state index contributed by atoms with van der Waals surface area (Å²) in [5, 5.41) is 3.33. The maximum atomic E-state index is 13.9. The molecule has 0 unspecified atom stereocenters. The molecule has 3 rings (SSSR count). The number of hydrogen-bond donors (Lipinski definition) is 1. The molecule has 0 saturated heterocycles. The highest BCUT2D eigenvalue weighted by atomic mass is 79.9. The van der Waals surface area contributed by atoms with Gasteiger partial charge in [0.1, 0.15) is 12.6 Å². The lowest BCUT2D eigenvalue weighted by molar-refractivity contribution is -0.139. The maximum Gasteiger partial charge on any atom is 0.264 e. The number of halogens is 2. The number of aryl methyl sites for hydroxylation is 1. The zero-order chi connectivity index (χ0) is 28.7. The van der Waals surface area contributed by atoms with E-state index in [0.717, 1.165) is 26.3 Å². The Bertz CT molecular complexity index is 1420. The lowest BCUT2D eigenvalue weighted by Gasteiger charge is -2.32. The SMILES string of the molecule is CC[C@@H](C)NC(=O)[C@H](C)N(Cc1cccc(Br)c1)C(=O)CN(c1cccc(C)c1)S(=O)(=O)c1ccc(Cl)cc1. The Labute approximate surface area is 244 Å². The first-order chi connectivity index (χ1) is 18.4. The monoisotopic (exact) mass is 633 g/mol. The molecular weight excluding hydrogens is 602 g/mol. The van der Waals surface area contributed by atoms with Gasteiger partial charge in [0, 0.05) is 22.1 Å². The van der Waals surface area contributed by atoms with Gasteiger partial charge in [-0.3, -0.25) is 13.9 Å². The highest BCUT2D eigenvalue weighted by Gasteiger charge is 2.32. The summed E-state index contributed by atoms with van der Waals surface area (Å²) in [5.41, 5.74) is 1.98. The van der Waals surface area contributed by atoms with E-state index in [0.29, 0.717) is 10.7 Å². The molecule has 0 aliphatic carbocycles. The normalized spacial score (nSPS) is 12.9. The van der Waals surface area contributed by atoms with Crippen LogP contribution in [0.5, 0.6) is 0 Å². The Morgan fingerprint density at radius 3 is 2.28 bits per heavy atom. The number of carbonyl (C=O) groups excluding carboxylic acids is 2. The van der Waals surface area contributed by atoms with E-state index in [4.69, 9.17) is 11.6 Å². The van der Waals surface area contributed by atoms with Gasteiger partial charge in [0.15, 0.2) is 0 Å². The zero-order valence-corrected chi connectivity index (χ0v) is 25.6. The predicted molar refractivity (Wildman–Crippen MR) is 159 cm³/mol. The average molecular weight is 635 g/mol. The van der Waals surface area contributed by atoms with Crippen LogP contribution in [0, 0.1) is 6.92 Å². The van der Waals surface area contributed by atoms with Crippen LogP contribution in [0.4, 0.5) is 5.69 Å². The summed E-state index contributed by atoms with van der Waals surface area (Å²) in [4.78, 5) is 28.5. The van der Waals surface area contributed by atoms with Gasteiger partial charge < -0.3 is 10.2 Å². The minimum absolute atomic E-state index is 0.00214. The van der Waals surface area contributed by atoms with Gasteiger partial charge in [-0.25, -0.2) is 8.42 Å². The first kappa shape index (κ1) is 30.7. The van der Waals surface area contributed by atoms with Gasteiger partial charge in [0.05, 0.1) is 10.6 Å². The topological polar surface area (TPSA) is 86.8 Å². The number of amides is 2. The van der Waals surface area contributed by atoms with E-state index in [1.165, 1.54) is 29.2 Å². The smallest absolute Gasteiger partial charge is 0.264 e. The second-order valence-electron chi connectivity index (χ2n) is 9.45. The maximum absolute atomic E-state index is 13.9. The zero-order valence-electron chi connectivity index (χ0n) is 22.4. The molecule has 3 aromatic rings. The summed E-state index contributed by atoms with van der Waals surface area (Å²) in [6.07, 6.45) is 0.735. The van der Waals surface area contributed by atoms with Crippen molar-refractivity contribution in [3.8, 4) is 0 Å². The molecule has 0 heterocycles. The van der Waals surface area contributed by atoms with Crippen LogP contribution in [0.25, 0.3) is 0 Å². The third-order valence-corrected chi connectivity index (χ3v) is 8.91. The van der Waals surface area contributed by atoms with Gasteiger partial charge in [0.25, 0.3) is 10.0 Å². The minimum atomic E-state index is -4.15. The van der Waals surface area contributed by atoms with Gasteiger partial charge in [-0.2, -0.15) is 0 Å². The summed E-state index contributed by atoms with van der Waals surface area (Å²) >= 11 is 9.45. The van der Waals surface area contributed by atoms with Crippen molar-refractivity contribution in [2.75, 3.05) is 10.8 Å². The molecule has 0 radical (unpaired) electrons. The molecule has 0 bridgehead atoms. The van der Waals surface area contributed by atoms with Crippen LogP contribution in [0.15, 0.2) is 82.2 Å². The molecule has 3 aromatic carbocycles. The first-order valence-electron chi connectivity index (χ1n) is 12.6. The fraction of sp³-hybridized carbons (Fsp3) is 0.310. The van der Waals surface area contributed by atoms with Crippen LogP contribution >= 0.6 is 27.5 Å². The van der Waals surface area contributed by atoms with Crippen LogP contribution in [0.1, 0.15) is 38.3 Å². The van der Waals surface area contributed by atoms with E-state index < -0.39 is 28.5 Å². The van der Waals surface area contributed by atoms with Crippen molar-refractivity contribution in [3.63, 3.8) is 0 Å². The van der Waals surface area contributed by atoms with Gasteiger partial charge in [-0.05, 0) is 86.8 Å². The van der Waals surface area contributed by atoms with Crippen molar-refractivity contribution in [2.24, 2.45) is 0 Å². The van der Waals surface area contributed by atoms with Crippen LogP contribution in [0.2, 0.25) is 5.02 Å². The molecule has 0 aliphatic rings. The second-order valence-corrected chi connectivity index (χ2v) is 12.7. The Kier molecular flexibility index (Phi) is 10.6. The number of hydrogen-bond acceptors (Lipinski definition) is 4. The number of anilines is 1. The minimum Gasteiger partial charge on any atom is -0.352 e. The Morgan fingerprint density at radius 1 is 1.00 bits per heavy atom. The second kappa shape index (κ2) is 13.5. The van der Waals surface area contributed by atoms with Crippen LogP contribution in [-0.4, -0.2) is 43.8 Å². The van der Waals surface area contributed by atoms with E-state index >= 15 is 0 Å². The molecule has 2 atom stereocenters. The molecule has 7 nitrogen and oxygen atoms in total. The molecule has 10 heteroatoms. The van der Waals surface area contributed by atoms with Gasteiger partial charge in [-0.1, -0.05) is 58.7 Å². The molecule has 208 valence electrons. The Balaban J connectivity index is 2.03. The van der Waals surface area contributed by atoms with Crippen molar-refractivity contribution in [1.29, 1.82) is 0 Å². The summed E-state index contributed by atoms with van der Waals surface area (Å²) < 4.78 is 29.6. The fourth-order valence-corrected chi connectivity index (χ4v) is 5.90. The fourth-order valence-electron chi connectivity index (χ4n) is 3.93. The molecule has 0 spiro atoms. The van der Waals surface area contributed by atoms with Gasteiger partial charge in [0.2, 0.25) is 11.8 Å². The Morgan fingerprint density at radius 2 is 1.67 bits per heavy atom. The van der Waals surface area contributed by atoms with Crippen molar-refractivity contribution in [1.82, 2.24) is 10.2 Å². The summed E-state index contributed by atoms with van der Waals surface area (Å²) in [5.74, 6) is -0.823. The molecular formula is C29H33BrClN3O4S. The third-order valence-electron chi connectivity index (χ3n) is 6.38. The molecule has 0 aromatic heterocycles. The molecule has 1 N–H and O–H groups in total. The molecule has 0 aliphatic heterocycles. The number of sulfonamides is 1. The molecule has 39 heavy (non-hydrogen) atoms. The van der Waals surface area contributed by atoms with Crippen LogP contribution in [0.3, 0.4) is 0 Å². The Hall–Kier alpha value is -2.88. The highest BCUT2D eigenvalue weighted by Crippen LogP contribution is 2.26. The summed E-state index contributed by atoms with van der Waals surface area (Å²) in [6.45, 7) is 6.97. The largest absolute Gasteiger partial charge is 0.352 e. The molecule has 0 fully saturated rings.